The van der Waals surface area contributed by atoms with Crippen LogP contribution in [-0.4, -0.2) is 27.3 Å². The molecule has 11 rings (SSSR count). The van der Waals surface area contributed by atoms with Crippen LogP contribution in [0.15, 0.2) is 161 Å². The molecule has 1 fully saturated rings. The Hall–Kier alpha value is -5.94. The first-order valence-corrected chi connectivity index (χ1v) is 18.8. The quantitative estimate of drug-likeness (QED) is 0.207. The summed E-state index contributed by atoms with van der Waals surface area (Å²) in [6, 6.07) is 39.3. The molecule has 5 unspecified atom stereocenters. The fraction of sp³-hybridized carbons (Fsp3) is 0.191. The molecule has 5 heteroatoms. The summed E-state index contributed by atoms with van der Waals surface area (Å²) in [6.07, 6.45) is 20.4. The van der Waals surface area contributed by atoms with E-state index in [1.54, 1.807) is 0 Å². The molecule has 1 saturated heterocycles. The lowest BCUT2D eigenvalue weighted by Gasteiger charge is -2.37. The topological polar surface area (TPSA) is 44.9 Å². The zero-order valence-corrected chi connectivity index (χ0v) is 28.9. The molecule has 6 aliphatic rings. The number of hydrogen-bond acceptors (Lipinski definition) is 4. The van der Waals surface area contributed by atoms with Crippen molar-refractivity contribution in [3.63, 3.8) is 0 Å². The SMILES string of the molecule is C1=CC2=Cc3c(n(C4=CCCC5C4C4Cc6ccccc6C=C4N5C4=NC(c5ccccc5)=NC(c5ccccc5)N4)c4ccccc34)CC2C=C1. The molecule has 0 spiro atoms. The lowest BCUT2D eigenvalue weighted by Crippen LogP contribution is -2.48. The minimum atomic E-state index is -0.240. The first kappa shape index (κ1) is 29.8. The van der Waals surface area contributed by atoms with Gasteiger partial charge in [-0.15, -0.1) is 0 Å². The van der Waals surface area contributed by atoms with Crippen molar-refractivity contribution >= 4 is 40.5 Å². The van der Waals surface area contributed by atoms with E-state index in [0.717, 1.165) is 48.6 Å². The second kappa shape index (κ2) is 11.8. The van der Waals surface area contributed by atoms with Crippen molar-refractivity contribution in [2.45, 2.75) is 37.9 Å². The maximum Gasteiger partial charge on any atom is 0.207 e. The van der Waals surface area contributed by atoms with E-state index in [1.807, 2.05) is 0 Å². The Bertz CT molecular complexity index is 2470. The summed E-state index contributed by atoms with van der Waals surface area (Å²) in [5, 5.41) is 5.21. The van der Waals surface area contributed by atoms with Gasteiger partial charge in [0.1, 0.15) is 6.17 Å². The zero-order chi connectivity index (χ0) is 34.2. The minimum absolute atomic E-state index is 0.240. The summed E-state index contributed by atoms with van der Waals surface area (Å²) in [5.74, 6) is 2.69. The molecule has 0 amide bonds. The molecule has 2 aliphatic heterocycles. The van der Waals surface area contributed by atoms with Gasteiger partial charge in [0.2, 0.25) is 5.96 Å². The van der Waals surface area contributed by atoms with Crippen LogP contribution < -0.4 is 5.32 Å². The fourth-order valence-electron chi connectivity index (χ4n) is 9.79. The molecule has 1 aromatic heterocycles. The Morgan fingerprint density at radius 1 is 0.750 bits per heavy atom. The molecule has 4 aliphatic carbocycles. The second-order valence-corrected chi connectivity index (χ2v) is 14.9. The van der Waals surface area contributed by atoms with Gasteiger partial charge in [-0.1, -0.05) is 134 Å². The highest BCUT2D eigenvalue weighted by atomic mass is 15.4. The van der Waals surface area contributed by atoms with Gasteiger partial charge >= 0.3 is 0 Å². The van der Waals surface area contributed by atoms with E-state index in [-0.39, 0.29) is 12.2 Å². The van der Waals surface area contributed by atoms with Crippen LogP contribution in [0.3, 0.4) is 0 Å². The average molecular weight is 674 g/mol. The van der Waals surface area contributed by atoms with E-state index in [4.69, 9.17) is 9.98 Å². The molecule has 4 aromatic carbocycles. The maximum atomic E-state index is 5.39. The second-order valence-electron chi connectivity index (χ2n) is 14.9. The smallest absolute Gasteiger partial charge is 0.207 e. The van der Waals surface area contributed by atoms with Crippen LogP contribution in [0.2, 0.25) is 0 Å². The van der Waals surface area contributed by atoms with E-state index >= 15 is 0 Å². The monoisotopic (exact) mass is 673 g/mol. The van der Waals surface area contributed by atoms with Crippen LogP contribution in [-0.2, 0) is 12.8 Å². The van der Waals surface area contributed by atoms with Gasteiger partial charge in [-0.05, 0) is 66.2 Å². The Labute approximate surface area is 304 Å². The molecule has 5 aromatic rings. The zero-order valence-electron chi connectivity index (χ0n) is 28.9. The van der Waals surface area contributed by atoms with Crippen LogP contribution in [0.25, 0.3) is 28.8 Å². The molecule has 5 nitrogen and oxygen atoms in total. The highest BCUT2D eigenvalue weighted by Crippen LogP contribution is 2.53. The molecule has 0 saturated carbocycles. The predicted octanol–water partition coefficient (Wildman–Crippen LogP) is 9.58. The molecule has 1 N–H and O–H groups in total. The van der Waals surface area contributed by atoms with Crippen LogP contribution in [0.5, 0.6) is 0 Å². The number of nitrogens with one attached hydrogen (secondary N) is 1. The summed E-state index contributed by atoms with van der Waals surface area (Å²) in [6.45, 7) is 0. The number of aromatic nitrogens is 1. The number of rotatable bonds is 3. The minimum Gasteiger partial charge on any atom is -0.330 e. The van der Waals surface area contributed by atoms with Gasteiger partial charge < -0.3 is 14.8 Å². The first-order valence-electron chi connectivity index (χ1n) is 18.8. The van der Waals surface area contributed by atoms with Crippen LogP contribution in [0.4, 0.5) is 0 Å². The highest BCUT2D eigenvalue weighted by Gasteiger charge is 2.52. The van der Waals surface area contributed by atoms with Crippen molar-refractivity contribution in [3.8, 4) is 0 Å². The van der Waals surface area contributed by atoms with Gasteiger partial charge in [-0.2, -0.15) is 4.99 Å². The van der Waals surface area contributed by atoms with Crippen molar-refractivity contribution in [2.24, 2.45) is 27.7 Å². The molecule has 0 radical (unpaired) electrons. The average Bonchev–Trinajstić information content (AvgIpc) is 3.71. The van der Waals surface area contributed by atoms with Crippen molar-refractivity contribution in [3.05, 3.63) is 184 Å². The lowest BCUT2D eigenvalue weighted by atomic mass is 9.75. The Balaban J connectivity index is 1.09. The number of likely N-dealkylation sites (tertiary alicyclic amines) is 1. The van der Waals surface area contributed by atoms with Crippen molar-refractivity contribution in [2.75, 3.05) is 0 Å². The Morgan fingerprint density at radius 3 is 2.46 bits per heavy atom. The van der Waals surface area contributed by atoms with Crippen LogP contribution in [0, 0.1) is 17.8 Å². The number of guanidine groups is 1. The molecule has 5 atom stereocenters. The number of nitrogens with zero attached hydrogens (tertiary/aromatic N) is 4. The van der Waals surface area contributed by atoms with Crippen molar-refractivity contribution in [1.82, 2.24) is 14.8 Å². The Morgan fingerprint density at radius 2 is 1.56 bits per heavy atom. The van der Waals surface area contributed by atoms with E-state index in [2.05, 4.69) is 167 Å². The molecule has 3 heterocycles. The third-order valence-electron chi connectivity index (χ3n) is 12.1. The molecular weight excluding hydrogens is 635 g/mol. The van der Waals surface area contributed by atoms with Gasteiger partial charge in [-0.25, -0.2) is 4.99 Å². The number of fused-ring (bicyclic) bond motifs is 8. The maximum absolute atomic E-state index is 5.39. The van der Waals surface area contributed by atoms with Crippen molar-refractivity contribution in [1.29, 1.82) is 0 Å². The molecule has 52 heavy (non-hydrogen) atoms. The molecule has 0 bridgehead atoms. The lowest BCUT2D eigenvalue weighted by molar-refractivity contribution is 0.330. The van der Waals surface area contributed by atoms with Crippen LogP contribution >= 0.6 is 0 Å². The number of amidine groups is 1. The highest BCUT2D eigenvalue weighted by molar-refractivity contribution is 6.08. The van der Waals surface area contributed by atoms with Crippen molar-refractivity contribution < 1.29 is 0 Å². The van der Waals surface area contributed by atoms with Gasteiger partial charge in [0, 0.05) is 57.4 Å². The number of para-hydroxylation sites is 1. The summed E-state index contributed by atoms with van der Waals surface area (Å²) in [4.78, 5) is 13.2. The predicted molar refractivity (Wildman–Crippen MR) is 212 cm³/mol. The van der Waals surface area contributed by atoms with Gasteiger partial charge in [-0.3, -0.25) is 0 Å². The van der Waals surface area contributed by atoms with E-state index < -0.39 is 0 Å². The van der Waals surface area contributed by atoms with Gasteiger partial charge in [0.05, 0.1) is 5.52 Å². The third-order valence-corrected chi connectivity index (χ3v) is 12.1. The largest absolute Gasteiger partial charge is 0.330 e. The summed E-state index contributed by atoms with van der Waals surface area (Å²) < 4.78 is 2.68. The fourth-order valence-corrected chi connectivity index (χ4v) is 9.79. The number of allylic oxidation sites excluding steroid dienone is 7. The normalized spacial score (nSPS) is 25.3. The number of hydrogen-bond donors (Lipinski definition) is 1. The van der Waals surface area contributed by atoms with E-state index in [9.17, 15) is 0 Å². The standard InChI is InChI=1S/C47H39N5/c1-3-14-30(15-4-1)45-48-46(31-16-5-2-6-17-31)50-47(49-45)52-41-25-13-24-40(44(41)38-27-33-19-8-10-21-35(33)29-43(38)52)51-39-23-12-11-22-36(39)37-26-32-18-7-9-20-34(32)28-42(37)51/h1-12,14-24,26,29,34,38,41,44-45H,13,25,27-28H2,(H,48,49,50). The number of benzene rings is 4. The Kier molecular flexibility index (Phi) is 6.76. The first-order chi connectivity index (χ1) is 25.8. The number of aliphatic imine (C=N–C) groups is 2. The van der Waals surface area contributed by atoms with Crippen LogP contribution in [0.1, 0.15) is 52.5 Å². The van der Waals surface area contributed by atoms with Gasteiger partial charge in [0.15, 0.2) is 5.84 Å². The third kappa shape index (κ3) is 4.61. The van der Waals surface area contributed by atoms with E-state index in [0.29, 0.717) is 17.8 Å². The summed E-state index contributed by atoms with van der Waals surface area (Å²) in [5.41, 5.74) is 13.3. The summed E-state index contributed by atoms with van der Waals surface area (Å²) >= 11 is 0. The van der Waals surface area contributed by atoms with E-state index in [1.165, 1.54) is 50.3 Å². The van der Waals surface area contributed by atoms with Gasteiger partial charge in [0.25, 0.3) is 0 Å². The molecular formula is C47H39N5. The summed E-state index contributed by atoms with van der Waals surface area (Å²) in [7, 11) is 0. The molecule has 252 valence electrons.